The van der Waals surface area contributed by atoms with Crippen molar-refractivity contribution in [1.29, 1.82) is 0 Å². The van der Waals surface area contributed by atoms with Gasteiger partial charge in [-0.15, -0.1) is 0 Å². The van der Waals surface area contributed by atoms with E-state index in [1.54, 1.807) is 31.2 Å². The molecule has 0 bridgehead atoms. The van der Waals surface area contributed by atoms with Crippen LogP contribution in [0.1, 0.15) is 39.7 Å². The van der Waals surface area contributed by atoms with E-state index in [0.29, 0.717) is 29.4 Å². The number of carbonyl (C=O) groups excluding carboxylic acids is 2. The molecule has 41 heavy (non-hydrogen) atoms. The number of anilines is 1. The maximum atomic E-state index is 14.0. The zero-order valence-electron chi connectivity index (χ0n) is 23.5. The predicted molar refractivity (Wildman–Crippen MR) is 158 cm³/mol. The van der Waals surface area contributed by atoms with E-state index in [0.717, 1.165) is 16.4 Å². The molecule has 8 nitrogen and oxygen atoms in total. The fraction of sp³-hybridized carbons (Fsp3) is 0.333. The minimum absolute atomic E-state index is 0.0420. The van der Waals surface area contributed by atoms with Crippen LogP contribution in [-0.4, -0.2) is 50.4 Å². The Kier molecular flexibility index (Phi) is 11.1. The molecule has 0 saturated heterocycles. The molecule has 0 fully saturated rings. The summed E-state index contributed by atoms with van der Waals surface area (Å²) in [4.78, 5) is 28.4. The molecule has 0 unspecified atom stereocenters. The van der Waals surface area contributed by atoms with Gasteiger partial charge < -0.3 is 15.0 Å². The van der Waals surface area contributed by atoms with Crippen LogP contribution in [-0.2, 0) is 26.2 Å². The van der Waals surface area contributed by atoms with Gasteiger partial charge in [-0.2, -0.15) is 0 Å². The second-order valence-electron chi connectivity index (χ2n) is 9.63. The Bertz CT molecular complexity index is 1420. The van der Waals surface area contributed by atoms with Gasteiger partial charge in [0.05, 0.1) is 17.2 Å². The van der Waals surface area contributed by atoms with Crippen LogP contribution >= 0.6 is 11.6 Å². The lowest BCUT2D eigenvalue weighted by Gasteiger charge is -2.33. The van der Waals surface area contributed by atoms with Crippen LogP contribution in [0.4, 0.5) is 10.1 Å². The molecule has 0 aliphatic heterocycles. The lowest BCUT2D eigenvalue weighted by Crippen LogP contribution is -2.53. The van der Waals surface area contributed by atoms with Crippen LogP contribution in [0, 0.1) is 5.82 Å². The third-order valence-electron chi connectivity index (χ3n) is 6.20. The molecule has 220 valence electrons. The Labute approximate surface area is 246 Å². The second-order valence-corrected chi connectivity index (χ2v) is 11.9. The van der Waals surface area contributed by atoms with Gasteiger partial charge in [-0.05, 0) is 93.4 Å². The number of carbonyl (C=O) groups is 2. The van der Waals surface area contributed by atoms with E-state index in [2.05, 4.69) is 5.32 Å². The number of hydrogen-bond acceptors (Lipinski definition) is 5. The monoisotopic (exact) mass is 603 g/mol. The highest BCUT2D eigenvalue weighted by Crippen LogP contribution is 2.26. The maximum absolute atomic E-state index is 14.0. The summed E-state index contributed by atoms with van der Waals surface area (Å²) in [6, 6.07) is 16.4. The molecular formula is C30H35ClFN3O5S. The number of benzene rings is 3. The molecule has 0 spiro atoms. The third kappa shape index (κ3) is 8.43. The minimum Gasteiger partial charge on any atom is -0.494 e. The van der Waals surface area contributed by atoms with E-state index in [4.69, 9.17) is 16.3 Å². The first kappa shape index (κ1) is 31.9. The van der Waals surface area contributed by atoms with E-state index < -0.39 is 34.3 Å². The van der Waals surface area contributed by atoms with Gasteiger partial charge in [0, 0.05) is 17.6 Å². The minimum atomic E-state index is -4.29. The maximum Gasteiger partial charge on any atom is 0.264 e. The number of hydrogen-bond donors (Lipinski definition) is 1. The van der Waals surface area contributed by atoms with Crippen LogP contribution in [0.3, 0.4) is 0 Å². The first-order valence-corrected chi connectivity index (χ1v) is 15.1. The summed E-state index contributed by atoms with van der Waals surface area (Å²) >= 11 is 6.04. The van der Waals surface area contributed by atoms with Crippen molar-refractivity contribution in [1.82, 2.24) is 10.2 Å². The SMILES string of the molecule is CCOc1ccc(S(=O)(=O)N(CC(=O)N(Cc2ccc(Cl)cc2)[C@H](CC)C(=O)NC(C)C)c2ccc(F)cc2)cc1. The van der Waals surface area contributed by atoms with Gasteiger partial charge in [0.25, 0.3) is 10.0 Å². The van der Waals surface area contributed by atoms with E-state index in [1.807, 2.05) is 20.8 Å². The Morgan fingerprint density at radius 3 is 2.10 bits per heavy atom. The van der Waals surface area contributed by atoms with Gasteiger partial charge >= 0.3 is 0 Å². The number of rotatable bonds is 13. The van der Waals surface area contributed by atoms with Crippen LogP contribution < -0.4 is 14.4 Å². The van der Waals surface area contributed by atoms with Crippen molar-refractivity contribution >= 4 is 39.1 Å². The van der Waals surface area contributed by atoms with Crippen molar-refractivity contribution in [2.24, 2.45) is 0 Å². The highest BCUT2D eigenvalue weighted by Gasteiger charge is 2.34. The smallest absolute Gasteiger partial charge is 0.264 e. The summed E-state index contributed by atoms with van der Waals surface area (Å²) in [5.74, 6) is -1.02. The van der Waals surface area contributed by atoms with Gasteiger partial charge in [-0.25, -0.2) is 12.8 Å². The highest BCUT2D eigenvalue weighted by atomic mass is 35.5. The van der Waals surface area contributed by atoms with E-state index in [1.165, 1.54) is 41.3 Å². The number of sulfonamides is 1. The molecule has 0 aromatic heterocycles. The first-order chi connectivity index (χ1) is 19.5. The lowest BCUT2D eigenvalue weighted by atomic mass is 10.1. The molecule has 1 atom stereocenters. The fourth-order valence-electron chi connectivity index (χ4n) is 4.22. The van der Waals surface area contributed by atoms with E-state index >= 15 is 0 Å². The number of nitrogens with zero attached hydrogens (tertiary/aromatic N) is 2. The molecule has 11 heteroatoms. The standard InChI is InChI=1S/C30H35ClFN3O5S/c1-5-28(30(37)33-21(3)4)34(19-22-7-9-23(31)10-8-22)29(36)20-35(25-13-11-24(32)12-14-25)41(38,39)27-17-15-26(16-18-27)40-6-2/h7-18,21,28H,5-6,19-20H2,1-4H3,(H,33,37)/t28-/m1/s1. The quantitative estimate of drug-likeness (QED) is 0.282. The molecule has 0 heterocycles. The summed E-state index contributed by atoms with van der Waals surface area (Å²) in [6.45, 7) is 7.05. The Balaban J connectivity index is 2.04. The van der Waals surface area contributed by atoms with Gasteiger partial charge in [-0.3, -0.25) is 13.9 Å². The second kappa shape index (κ2) is 14.3. The Morgan fingerprint density at radius 2 is 1.56 bits per heavy atom. The zero-order valence-corrected chi connectivity index (χ0v) is 25.1. The molecule has 0 saturated carbocycles. The molecule has 0 radical (unpaired) electrons. The van der Waals surface area contributed by atoms with Crippen molar-refractivity contribution in [3.63, 3.8) is 0 Å². The third-order valence-corrected chi connectivity index (χ3v) is 8.24. The van der Waals surface area contributed by atoms with Crippen LogP contribution in [0.2, 0.25) is 5.02 Å². The van der Waals surface area contributed by atoms with Crippen molar-refractivity contribution in [3.8, 4) is 5.75 Å². The fourth-order valence-corrected chi connectivity index (χ4v) is 5.76. The number of ether oxygens (including phenoxy) is 1. The zero-order chi connectivity index (χ0) is 30.2. The van der Waals surface area contributed by atoms with Crippen molar-refractivity contribution < 1.29 is 27.1 Å². The van der Waals surface area contributed by atoms with E-state index in [-0.39, 0.29) is 29.1 Å². The van der Waals surface area contributed by atoms with Crippen molar-refractivity contribution in [3.05, 3.63) is 89.2 Å². The molecule has 3 aromatic rings. The van der Waals surface area contributed by atoms with Crippen LogP contribution in [0.15, 0.2) is 77.7 Å². The molecule has 0 aliphatic carbocycles. The molecular weight excluding hydrogens is 569 g/mol. The number of amides is 2. The molecule has 0 aliphatic rings. The summed E-state index contributed by atoms with van der Waals surface area (Å²) in [5.41, 5.74) is 0.806. The molecule has 2 amide bonds. The average Bonchev–Trinajstić information content (AvgIpc) is 2.93. The van der Waals surface area contributed by atoms with Crippen LogP contribution in [0.25, 0.3) is 0 Å². The van der Waals surface area contributed by atoms with Crippen molar-refractivity contribution in [2.45, 2.75) is 57.6 Å². The Hall–Kier alpha value is -3.63. The predicted octanol–water partition coefficient (Wildman–Crippen LogP) is 5.41. The van der Waals surface area contributed by atoms with Gasteiger partial charge in [0.15, 0.2) is 0 Å². The summed E-state index contributed by atoms with van der Waals surface area (Å²) < 4.78 is 47.9. The molecule has 3 rings (SSSR count). The first-order valence-electron chi connectivity index (χ1n) is 13.3. The highest BCUT2D eigenvalue weighted by molar-refractivity contribution is 7.92. The van der Waals surface area contributed by atoms with Gasteiger partial charge in [0.1, 0.15) is 24.2 Å². The van der Waals surface area contributed by atoms with E-state index in [9.17, 15) is 22.4 Å². The van der Waals surface area contributed by atoms with Gasteiger partial charge in [-0.1, -0.05) is 30.7 Å². The summed E-state index contributed by atoms with van der Waals surface area (Å²) in [5, 5.41) is 3.36. The van der Waals surface area contributed by atoms with Gasteiger partial charge in [0.2, 0.25) is 11.8 Å². The summed E-state index contributed by atoms with van der Waals surface area (Å²) in [6.07, 6.45) is 0.292. The number of nitrogens with one attached hydrogen (secondary N) is 1. The Morgan fingerprint density at radius 1 is 0.951 bits per heavy atom. The van der Waals surface area contributed by atoms with Crippen molar-refractivity contribution in [2.75, 3.05) is 17.5 Å². The summed E-state index contributed by atoms with van der Waals surface area (Å²) in [7, 11) is -4.29. The average molecular weight is 604 g/mol. The molecule has 1 N–H and O–H groups in total. The topological polar surface area (TPSA) is 96.0 Å². The lowest BCUT2D eigenvalue weighted by molar-refractivity contribution is -0.140. The normalized spacial score (nSPS) is 12.1. The molecule has 3 aromatic carbocycles. The largest absolute Gasteiger partial charge is 0.494 e. The van der Waals surface area contributed by atoms with Crippen LogP contribution in [0.5, 0.6) is 5.75 Å². The number of halogens is 2.